The first-order chi connectivity index (χ1) is 11.1. The molecule has 2 heterocycles. The molecule has 0 aromatic rings. The van der Waals surface area contributed by atoms with E-state index in [-0.39, 0.29) is 24.0 Å². The molecule has 1 N–H and O–H groups in total. The Hall–Kier alpha value is -1.30. The number of hydrogen-bond donors (Lipinski definition) is 1. The molecule has 23 heavy (non-hydrogen) atoms. The van der Waals surface area contributed by atoms with E-state index in [1.807, 2.05) is 4.90 Å². The monoisotopic (exact) mass is 324 g/mol. The van der Waals surface area contributed by atoms with Crippen LogP contribution in [0.1, 0.15) is 45.4 Å². The number of ether oxygens (including phenoxy) is 2. The fourth-order valence-electron chi connectivity index (χ4n) is 3.96. The van der Waals surface area contributed by atoms with E-state index in [2.05, 4.69) is 12.2 Å². The van der Waals surface area contributed by atoms with Gasteiger partial charge in [0.15, 0.2) is 0 Å². The third kappa shape index (κ3) is 3.79. The van der Waals surface area contributed by atoms with Crippen LogP contribution in [0.15, 0.2) is 0 Å². The summed E-state index contributed by atoms with van der Waals surface area (Å²) in [5.41, 5.74) is 0. The molecule has 0 spiro atoms. The van der Waals surface area contributed by atoms with Crippen LogP contribution in [0.4, 0.5) is 4.79 Å². The van der Waals surface area contributed by atoms with E-state index in [9.17, 15) is 9.59 Å². The minimum absolute atomic E-state index is 0.0434. The Morgan fingerprint density at radius 2 is 2.04 bits per heavy atom. The summed E-state index contributed by atoms with van der Waals surface area (Å²) < 4.78 is 10.6. The van der Waals surface area contributed by atoms with Gasteiger partial charge in [0.2, 0.25) is 5.91 Å². The summed E-state index contributed by atoms with van der Waals surface area (Å²) in [5, 5.41) is 2.81. The summed E-state index contributed by atoms with van der Waals surface area (Å²) in [6.45, 7) is 3.54. The lowest BCUT2D eigenvalue weighted by molar-refractivity contribution is -0.137. The highest BCUT2D eigenvalue weighted by Gasteiger charge is 2.42. The van der Waals surface area contributed by atoms with Gasteiger partial charge in [0.25, 0.3) is 0 Å². The van der Waals surface area contributed by atoms with Crippen molar-refractivity contribution >= 4 is 12.0 Å². The fraction of sp³-hybridized carbons (Fsp3) is 0.882. The van der Waals surface area contributed by atoms with E-state index in [1.165, 1.54) is 20.0 Å². The molecule has 2 amide bonds. The molecule has 0 aromatic heterocycles. The van der Waals surface area contributed by atoms with Crippen molar-refractivity contribution in [2.45, 2.75) is 63.6 Å². The molecule has 1 aliphatic carbocycles. The number of carbonyl (C=O) groups excluding carboxylic acids is 2. The van der Waals surface area contributed by atoms with E-state index in [1.54, 1.807) is 0 Å². The first-order valence-corrected chi connectivity index (χ1v) is 8.86. The molecule has 0 bridgehead atoms. The van der Waals surface area contributed by atoms with Crippen LogP contribution in [0, 0.1) is 11.8 Å². The maximum atomic E-state index is 13.0. The second-order valence-corrected chi connectivity index (χ2v) is 7.17. The Bertz CT molecular complexity index is 452. The number of methoxy groups -OCH3 is 1. The quantitative estimate of drug-likeness (QED) is 0.858. The Balaban J connectivity index is 1.71. The van der Waals surface area contributed by atoms with Gasteiger partial charge in [-0.2, -0.15) is 0 Å². The predicted molar refractivity (Wildman–Crippen MR) is 84.9 cm³/mol. The van der Waals surface area contributed by atoms with Crippen molar-refractivity contribution in [1.82, 2.24) is 10.2 Å². The van der Waals surface area contributed by atoms with Crippen molar-refractivity contribution in [1.29, 1.82) is 0 Å². The zero-order valence-electron chi connectivity index (χ0n) is 14.1. The standard InChI is InChI=1S/C17H28N2O4/c1-11-4-3-8-19(11)16(20)15(18-17(21)22-2)13-7-9-23-14(10-13)12-5-6-12/h11-15H,3-10H2,1-2H3,(H,18,21)/t11-,13+,14-,15-/m0/s1. The summed E-state index contributed by atoms with van der Waals surface area (Å²) >= 11 is 0. The van der Waals surface area contributed by atoms with Crippen LogP contribution in [0.5, 0.6) is 0 Å². The number of rotatable bonds is 4. The highest BCUT2D eigenvalue weighted by atomic mass is 16.5. The van der Waals surface area contributed by atoms with Gasteiger partial charge in [-0.05, 0) is 57.3 Å². The molecule has 2 saturated heterocycles. The highest BCUT2D eigenvalue weighted by molar-refractivity contribution is 5.86. The lowest BCUT2D eigenvalue weighted by Crippen LogP contribution is -2.54. The summed E-state index contributed by atoms with van der Waals surface area (Å²) in [4.78, 5) is 26.7. The molecule has 0 radical (unpaired) electrons. The first kappa shape index (κ1) is 16.6. The molecule has 6 heteroatoms. The van der Waals surface area contributed by atoms with Gasteiger partial charge in [-0.3, -0.25) is 4.79 Å². The van der Waals surface area contributed by atoms with E-state index < -0.39 is 12.1 Å². The Kier molecular flexibility index (Phi) is 5.09. The molecule has 2 aliphatic heterocycles. The molecule has 3 fully saturated rings. The maximum absolute atomic E-state index is 13.0. The predicted octanol–water partition coefficient (Wildman–Crippen LogP) is 1.93. The van der Waals surface area contributed by atoms with Crippen LogP contribution in [0.25, 0.3) is 0 Å². The smallest absolute Gasteiger partial charge is 0.407 e. The summed E-state index contributed by atoms with van der Waals surface area (Å²) in [7, 11) is 1.34. The summed E-state index contributed by atoms with van der Waals surface area (Å²) in [6, 6.07) is -0.239. The number of nitrogens with one attached hydrogen (secondary N) is 1. The molecule has 3 rings (SSSR count). The molecular weight excluding hydrogens is 296 g/mol. The van der Waals surface area contributed by atoms with Gasteiger partial charge in [-0.1, -0.05) is 0 Å². The molecule has 0 aromatic carbocycles. The zero-order valence-corrected chi connectivity index (χ0v) is 14.1. The summed E-state index contributed by atoms with van der Waals surface area (Å²) in [6.07, 6.45) is 5.92. The van der Waals surface area contributed by atoms with Crippen molar-refractivity contribution in [2.24, 2.45) is 11.8 Å². The highest BCUT2D eigenvalue weighted by Crippen LogP contribution is 2.40. The number of alkyl carbamates (subject to hydrolysis) is 1. The van der Waals surface area contributed by atoms with Crippen molar-refractivity contribution in [2.75, 3.05) is 20.3 Å². The van der Waals surface area contributed by atoms with E-state index in [0.29, 0.717) is 12.5 Å². The van der Waals surface area contributed by atoms with Crippen LogP contribution >= 0.6 is 0 Å². The van der Waals surface area contributed by atoms with Crippen LogP contribution < -0.4 is 5.32 Å². The van der Waals surface area contributed by atoms with Gasteiger partial charge in [-0.15, -0.1) is 0 Å². The minimum Gasteiger partial charge on any atom is -0.453 e. The van der Waals surface area contributed by atoms with Crippen LogP contribution in [-0.2, 0) is 14.3 Å². The largest absolute Gasteiger partial charge is 0.453 e. The molecule has 130 valence electrons. The third-order valence-corrected chi connectivity index (χ3v) is 5.54. The van der Waals surface area contributed by atoms with Crippen LogP contribution in [0.2, 0.25) is 0 Å². The molecule has 3 aliphatic rings. The molecule has 1 saturated carbocycles. The van der Waals surface area contributed by atoms with Crippen molar-refractivity contribution in [3.05, 3.63) is 0 Å². The van der Waals surface area contributed by atoms with Gasteiger partial charge >= 0.3 is 6.09 Å². The summed E-state index contributed by atoms with van der Waals surface area (Å²) in [5.74, 6) is 0.827. The maximum Gasteiger partial charge on any atom is 0.407 e. The Morgan fingerprint density at radius 3 is 2.65 bits per heavy atom. The van der Waals surface area contributed by atoms with Crippen molar-refractivity contribution in [3.8, 4) is 0 Å². The van der Waals surface area contributed by atoms with E-state index >= 15 is 0 Å². The number of likely N-dealkylation sites (tertiary alicyclic amines) is 1. The second-order valence-electron chi connectivity index (χ2n) is 7.17. The first-order valence-electron chi connectivity index (χ1n) is 8.86. The lowest BCUT2D eigenvalue weighted by atomic mass is 9.86. The number of amides is 2. The minimum atomic E-state index is -0.523. The molecule has 4 atom stereocenters. The number of carbonyl (C=O) groups is 2. The molecule has 6 nitrogen and oxygen atoms in total. The average molecular weight is 324 g/mol. The van der Waals surface area contributed by atoms with E-state index in [0.717, 1.165) is 32.2 Å². The number of hydrogen-bond acceptors (Lipinski definition) is 4. The van der Waals surface area contributed by atoms with Gasteiger partial charge < -0.3 is 19.7 Å². The van der Waals surface area contributed by atoms with E-state index in [4.69, 9.17) is 9.47 Å². The lowest BCUT2D eigenvalue weighted by Gasteiger charge is -2.36. The molecule has 0 unspecified atom stereocenters. The van der Waals surface area contributed by atoms with Gasteiger partial charge in [-0.25, -0.2) is 4.79 Å². The Morgan fingerprint density at radius 1 is 1.26 bits per heavy atom. The van der Waals surface area contributed by atoms with Crippen LogP contribution in [-0.4, -0.2) is 55.3 Å². The van der Waals surface area contributed by atoms with Gasteiger partial charge in [0, 0.05) is 19.2 Å². The topological polar surface area (TPSA) is 67.9 Å². The molecular formula is C17H28N2O4. The fourth-order valence-corrected chi connectivity index (χ4v) is 3.96. The Labute approximate surface area is 137 Å². The van der Waals surface area contributed by atoms with Gasteiger partial charge in [0.05, 0.1) is 13.2 Å². The zero-order chi connectivity index (χ0) is 16.4. The SMILES string of the molecule is COC(=O)N[C@H](C(=O)N1CCC[C@@H]1C)[C@@H]1CCO[C@H](C2CC2)C1. The normalized spacial score (nSPS) is 32.4. The van der Waals surface area contributed by atoms with Crippen molar-refractivity contribution < 1.29 is 19.1 Å². The second kappa shape index (κ2) is 7.07. The average Bonchev–Trinajstić information content (AvgIpc) is 3.33. The van der Waals surface area contributed by atoms with Gasteiger partial charge in [0.1, 0.15) is 6.04 Å². The van der Waals surface area contributed by atoms with Crippen LogP contribution in [0.3, 0.4) is 0 Å². The van der Waals surface area contributed by atoms with Crippen molar-refractivity contribution in [3.63, 3.8) is 0 Å². The number of nitrogens with zero attached hydrogens (tertiary/aromatic N) is 1. The third-order valence-electron chi connectivity index (χ3n) is 5.54.